The highest BCUT2D eigenvalue weighted by molar-refractivity contribution is 6.32. The zero-order valence-corrected chi connectivity index (χ0v) is 22.7. The molecule has 7 nitrogen and oxygen atoms in total. The van der Waals surface area contributed by atoms with Crippen LogP contribution in [0.1, 0.15) is 61.2 Å². The highest BCUT2D eigenvalue weighted by atomic mass is 35.5. The van der Waals surface area contributed by atoms with Gasteiger partial charge in [0.2, 0.25) is 0 Å². The number of aromatic nitrogens is 2. The van der Waals surface area contributed by atoms with Crippen molar-refractivity contribution in [3.05, 3.63) is 88.7 Å². The van der Waals surface area contributed by atoms with Crippen LogP contribution >= 0.6 is 11.6 Å². The van der Waals surface area contributed by atoms with Gasteiger partial charge in [-0.25, -0.2) is 4.98 Å². The van der Waals surface area contributed by atoms with E-state index in [1.54, 1.807) is 18.2 Å². The van der Waals surface area contributed by atoms with Gasteiger partial charge in [-0.2, -0.15) is 0 Å². The number of benzene rings is 2. The number of nitrogens with one attached hydrogen (secondary N) is 1. The highest BCUT2D eigenvalue weighted by Gasteiger charge is 2.17. The van der Waals surface area contributed by atoms with Gasteiger partial charge in [-0.1, -0.05) is 48.9 Å². The average molecular weight is 536 g/mol. The molecule has 0 bridgehead atoms. The van der Waals surface area contributed by atoms with Gasteiger partial charge >= 0.3 is 0 Å². The number of amides is 1. The van der Waals surface area contributed by atoms with Gasteiger partial charge < -0.3 is 24.7 Å². The molecule has 2 unspecified atom stereocenters. The van der Waals surface area contributed by atoms with Crippen LogP contribution in [0, 0.1) is 0 Å². The molecule has 4 rings (SSSR count). The average Bonchev–Trinajstić information content (AvgIpc) is 3.34. The molecule has 0 saturated heterocycles. The summed E-state index contributed by atoms with van der Waals surface area (Å²) in [5, 5.41) is 23.3. The van der Waals surface area contributed by atoms with E-state index in [4.69, 9.17) is 21.3 Å². The molecular weight excluding hydrogens is 502 g/mol. The summed E-state index contributed by atoms with van der Waals surface area (Å²) >= 11 is 6.30. The van der Waals surface area contributed by atoms with Gasteiger partial charge in [-0.05, 0) is 62.9 Å². The molecule has 0 aliphatic carbocycles. The van der Waals surface area contributed by atoms with E-state index in [1.807, 2.05) is 74.0 Å². The van der Waals surface area contributed by atoms with E-state index in [9.17, 15) is 15.0 Å². The van der Waals surface area contributed by atoms with Crippen molar-refractivity contribution in [3.8, 4) is 17.0 Å². The maximum atomic E-state index is 12.9. The number of hydrogen-bond acceptors (Lipinski definition) is 5. The zero-order chi connectivity index (χ0) is 27.2. The van der Waals surface area contributed by atoms with E-state index in [0.717, 1.165) is 28.0 Å². The number of halogens is 1. The zero-order valence-electron chi connectivity index (χ0n) is 21.9. The molecule has 0 fully saturated rings. The largest absolute Gasteiger partial charge is 0.489 e. The normalized spacial score (nSPS) is 13.0. The summed E-state index contributed by atoms with van der Waals surface area (Å²) in [6, 6.07) is 16.5. The second-order valence-electron chi connectivity index (χ2n) is 9.64. The quantitative estimate of drug-likeness (QED) is 0.232. The van der Waals surface area contributed by atoms with Crippen LogP contribution in [-0.2, 0) is 6.42 Å². The monoisotopic (exact) mass is 535 g/mol. The van der Waals surface area contributed by atoms with Crippen LogP contribution in [0.5, 0.6) is 5.75 Å². The summed E-state index contributed by atoms with van der Waals surface area (Å²) in [7, 11) is 0. The van der Waals surface area contributed by atoms with E-state index in [-0.39, 0.29) is 24.7 Å². The Kier molecular flexibility index (Phi) is 9.05. The Morgan fingerprint density at radius 1 is 1.16 bits per heavy atom. The first kappa shape index (κ1) is 27.6. The summed E-state index contributed by atoms with van der Waals surface area (Å²) in [6.07, 6.45) is 4.90. The number of imidazole rings is 1. The van der Waals surface area contributed by atoms with E-state index in [2.05, 4.69) is 5.32 Å². The van der Waals surface area contributed by atoms with Crippen molar-refractivity contribution >= 4 is 23.2 Å². The summed E-state index contributed by atoms with van der Waals surface area (Å²) in [6.45, 7) is 5.72. The van der Waals surface area contributed by atoms with Crippen molar-refractivity contribution in [1.29, 1.82) is 0 Å². The molecule has 38 heavy (non-hydrogen) atoms. The number of hydrogen-bond donors (Lipinski definition) is 3. The molecule has 0 radical (unpaired) electrons. The molecular formula is C30H34ClN3O4. The van der Waals surface area contributed by atoms with Gasteiger partial charge in [0.1, 0.15) is 11.4 Å². The molecule has 0 spiro atoms. The molecule has 2 atom stereocenters. The molecule has 2 heterocycles. The molecule has 8 heteroatoms. The number of nitrogens with zero attached hydrogens (tertiary/aromatic N) is 2. The molecule has 1 amide bonds. The minimum absolute atomic E-state index is 0.0216. The van der Waals surface area contributed by atoms with Crippen molar-refractivity contribution in [2.75, 3.05) is 6.61 Å². The predicted octanol–water partition coefficient (Wildman–Crippen LogP) is 5.61. The van der Waals surface area contributed by atoms with E-state index >= 15 is 0 Å². The lowest BCUT2D eigenvalue weighted by Gasteiger charge is -2.19. The van der Waals surface area contributed by atoms with Gasteiger partial charge in [-0.15, -0.1) is 0 Å². The lowest BCUT2D eigenvalue weighted by atomic mass is 10.0. The summed E-state index contributed by atoms with van der Waals surface area (Å²) in [5.74, 6) is 0.279. The van der Waals surface area contributed by atoms with Crippen LogP contribution < -0.4 is 10.1 Å². The van der Waals surface area contributed by atoms with E-state index in [0.29, 0.717) is 35.6 Å². The Morgan fingerprint density at radius 3 is 2.58 bits per heavy atom. The number of carbonyl (C=O) groups excluding carboxylic acids is 1. The molecule has 4 aromatic rings. The first-order valence-corrected chi connectivity index (χ1v) is 13.3. The Hall–Kier alpha value is -3.39. The SMILES string of the molecule is CCC(O)c1cccn2cc(-c3ccc(CC(CCO)NC(=O)c4ccc(OC(C)C)c(Cl)c4)cc3)nc12. The molecule has 0 saturated carbocycles. The van der Waals surface area contributed by atoms with Gasteiger partial charge in [0, 0.05) is 41.7 Å². The molecule has 2 aromatic heterocycles. The Bertz CT molecular complexity index is 1380. The molecule has 200 valence electrons. The third-order valence-electron chi connectivity index (χ3n) is 6.36. The molecule has 0 aliphatic heterocycles. The fourth-order valence-corrected chi connectivity index (χ4v) is 4.62. The first-order valence-electron chi connectivity index (χ1n) is 12.9. The fraction of sp³-hybridized carbons (Fsp3) is 0.333. The van der Waals surface area contributed by atoms with Crippen LogP contribution in [0.25, 0.3) is 16.9 Å². The van der Waals surface area contributed by atoms with Crippen molar-refractivity contribution in [3.63, 3.8) is 0 Å². The standard InChI is InChI=1S/C30H34ClN3O4/c1-4-27(36)24-6-5-14-34-18-26(33-29(24)34)21-9-7-20(8-10-21)16-23(13-15-35)32-30(37)22-11-12-28(25(31)17-22)38-19(2)3/h5-12,14,17-19,23,27,35-36H,4,13,15-16H2,1-3H3,(H,32,37). The van der Waals surface area contributed by atoms with Crippen LogP contribution in [0.4, 0.5) is 0 Å². The number of ether oxygens (including phenoxy) is 1. The smallest absolute Gasteiger partial charge is 0.251 e. The highest BCUT2D eigenvalue weighted by Crippen LogP contribution is 2.27. The summed E-state index contributed by atoms with van der Waals surface area (Å²) in [4.78, 5) is 17.7. The van der Waals surface area contributed by atoms with E-state index < -0.39 is 6.10 Å². The molecule has 2 aromatic carbocycles. The van der Waals surface area contributed by atoms with Crippen molar-refractivity contribution < 1.29 is 19.7 Å². The number of rotatable bonds is 11. The lowest BCUT2D eigenvalue weighted by molar-refractivity contribution is 0.0930. The predicted molar refractivity (Wildman–Crippen MR) is 150 cm³/mol. The molecule has 0 aliphatic rings. The second-order valence-corrected chi connectivity index (χ2v) is 10.0. The van der Waals surface area contributed by atoms with Crippen molar-refractivity contribution in [2.24, 2.45) is 0 Å². The number of fused-ring (bicyclic) bond motifs is 1. The summed E-state index contributed by atoms with van der Waals surface area (Å²) < 4.78 is 7.57. The van der Waals surface area contributed by atoms with Gasteiger partial charge in [0.05, 0.1) is 22.9 Å². The topological polar surface area (TPSA) is 96.1 Å². The van der Waals surface area contributed by atoms with Crippen molar-refractivity contribution in [2.45, 2.75) is 58.3 Å². The van der Waals surface area contributed by atoms with Crippen LogP contribution in [0.3, 0.4) is 0 Å². The Balaban J connectivity index is 1.46. The number of aliphatic hydroxyl groups is 2. The summed E-state index contributed by atoms with van der Waals surface area (Å²) in [5.41, 5.74) is 4.78. The number of pyridine rings is 1. The van der Waals surface area contributed by atoms with Gasteiger partial charge in [-0.3, -0.25) is 4.79 Å². The van der Waals surface area contributed by atoms with Crippen LogP contribution in [0.15, 0.2) is 67.0 Å². The maximum Gasteiger partial charge on any atom is 0.251 e. The van der Waals surface area contributed by atoms with Crippen molar-refractivity contribution in [1.82, 2.24) is 14.7 Å². The Morgan fingerprint density at radius 2 is 1.92 bits per heavy atom. The minimum Gasteiger partial charge on any atom is -0.489 e. The first-order chi connectivity index (χ1) is 18.3. The number of carbonyl (C=O) groups is 1. The minimum atomic E-state index is -0.558. The van der Waals surface area contributed by atoms with Gasteiger partial charge in [0.25, 0.3) is 5.91 Å². The van der Waals surface area contributed by atoms with E-state index in [1.165, 1.54) is 0 Å². The molecule has 3 N–H and O–H groups in total. The maximum absolute atomic E-state index is 12.9. The third kappa shape index (κ3) is 6.54. The number of aliphatic hydroxyl groups excluding tert-OH is 2. The fourth-order valence-electron chi connectivity index (χ4n) is 4.39. The second kappa shape index (κ2) is 12.4. The lowest BCUT2D eigenvalue weighted by Crippen LogP contribution is -2.37. The van der Waals surface area contributed by atoms with Gasteiger partial charge in [0.15, 0.2) is 0 Å². The third-order valence-corrected chi connectivity index (χ3v) is 6.66. The Labute approximate surface area is 228 Å². The van der Waals surface area contributed by atoms with Crippen LogP contribution in [-0.4, -0.2) is 44.3 Å². The van der Waals surface area contributed by atoms with Crippen LogP contribution in [0.2, 0.25) is 5.02 Å².